The zero-order valence-electron chi connectivity index (χ0n) is 14.2. The Morgan fingerprint density at radius 2 is 1.73 bits per heavy atom. The molecule has 0 heterocycles. The second-order valence-electron chi connectivity index (χ2n) is 5.45. The van der Waals surface area contributed by atoms with Crippen LogP contribution in [-0.4, -0.2) is 19.4 Å². The summed E-state index contributed by atoms with van der Waals surface area (Å²) in [6.45, 7) is 1.24. The van der Waals surface area contributed by atoms with Crippen molar-refractivity contribution in [2.45, 2.75) is 26.1 Å². The van der Waals surface area contributed by atoms with Gasteiger partial charge in [0.1, 0.15) is 5.75 Å². The summed E-state index contributed by atoms with van der Waals surface area (Å²) in [6.07, 6.45) is -4.70. The number of methoxy groups -OCH3 is 1. The standard InChI is InChI=1S/C18H20F3N3O2/c1-25-12-15-5-3-2-4-14(15)11-24-17(22)23-10-13-6-8-16(9-7-13)26-18(19,20)21/h2-9H,10-12H2,1H3,(H3,22,23,24). The molecule has 5 nitrogen and oxygen atoms in total. The number of rotatable bonds is 7. The Morgan fingerprint density at radius 1 is 1.08 bits per heavy atom. The van der Waals surface area contributed by atoms with Gasteiger partial charge in [0, 0.05) is 13.7 Å². The number of benzene rings is 2. The van der Waals surface area contributed by atoms with E-state index >= 15 is 0 Å². The van der Waals surface area contributed by atoms with Crippen LogP contribution in [0.15, 0.2) is 53.5 Å². The number of nitrogens with zero attached hydrogens (tertiary/aromatic N) is 1. The maximum atomic E-state index is 12.1. The fraction of sp³-hybridized carbons (Fsp3) is 0.278. The molecule has 0 radical (unpaired) electrons. The molecule has 0 saturated heterocycles. The summed E-state index contributed by atoms with van der Waals surface area (Å²) in [4.78, 5) is 4.18. The van der Waals surface area contributed by atoms with Crippen LogP contribution < -0.4 is 15.8 Å². The third-order valence-electron chi connectivity index (χ3n) is 3.47. The Labute approximate surface area is 149 Å². The molecule has 0 fully saturated rings. The molecule has 0 aliphatic heterocycles. The fourth-order valence-corrected chi connectivity index (χ4v) is 2.24. The molecule has 0 atom stereocenters. The number of alkyl halides is 3. The highest BCUT2D eigenvalue weighted by Crippen LogP contribution is 2.22. The average molecular weight is 367 g/mol. The lowest BCUT2D eigenvalue weighted by molar-refractivity contribution is -0.274. The summed E-state index contributed by atoms with van der Waals surface area (Å²) in [6, 6.07) is 13.3. The highest BCUT2D eigenvalue weighted by Gasteiger charge is 2.30. The summed E-state index contributed by atoms with van der Waals surface area (Å²) in [5.41, 5.74) is 8.65. The first-order valence-electron chi connectivity index (χ1n) is 7.81. The number of nitrogens with two attached hydrogens (primary N) is 1. The van der Waals surface area contributed by atoms with Crippen LogP contribution in [0.4, 0.5) is 13.2 Å². The van der Waals surface area contributed by atoms with E-state index in [1.54, 1.807) is 7.11 Å². The highest BCUT2D eigenvalue weighted by atomic mass is 19.4. The first kappa shape index (κ1) is 19.6. The van der Waals surface area contributed by atoms with Crippen molar-refractivity contribution in [2.24, 2.45) is 10.7 Å². The van der Waals surface area contributed by atoms with Crippen molar-refractivity contribution in [1.29, 1.82) is 0 Å². The predicted octanol–water partition coefficient (Wildman–Crippen LogP) is 3.34. The molecule has 0 saturated carbocycles. The maximum Gasteiger partial charge on any atom is 0.573 e. The summed E-state index contributed by atoms with van der Waals surface area (Å²) in [5.74, 6) is -0.0288. The number of aliphatic imine (C=N–C) groups is 1. The molecule has 140 valence electrons. The normalized spacial score (nSPS) is 12.1. The SMILES string of the molecule is COCc1ccccc1CNC(N)=NCc1ccc(OC(F)(F)F)cc1. The van der Waals surface area contributed by atoms with Crippen molar-refractivity contribution in [3.63, 3.8) is 0 Å². The van der Waals surface area contributed by atoms with Crippen LogP contribution >= 0.6 is 0 Å². The van der Waals surface area contributed by atoms with Crippen molar-refractivity contribution >= 4 is 5.96 Å². The number of hydrogen-bond acceptors (Lipinski definition) is 3. The Kier molecular flexibility index (Phi) is 6.85. The van der Waals surface area contributed by atoms with Crippen molar-refractivity contribution in [1.82, 2.24) is 5.32 Å². The van der Waals surface area contributed by atoms with Crippen molar-refractivity contribution in [3.8, 4) is 5.75 Å². The molecule has 0 spiro atoms. The molecular formula is C18H20F3N3O2. The third kappa shape index (κ3) is 6.64. The van der Waals surface area contributed by atoms with Gasteiger partial charge in [-0.2, -0.15) is 0 Å². The van der Waals surface area contributed by atoms with Crippen molar-refractivity contribution in [2.75, 3.05) is 7.11 Å². The molecule has 2 aromatic rings. The monoisotopic (exact) mass is 367 g/mol. The molecule has 0 aliphatic carbocycles. The molecule has 0 bridgehead atoms. The molecule has 0 aliphatic rings. The molecule has 2 rings (SSSR count). The smallest absolute Gasteiger partial charge is 0.406 e. The lowest BCUT2D eigenvalue weighted by Crippen LogP contribution is -2.31. The number of ether oxygens (including phenoxy) is 2. The van der Waals surface area contributed by atoms with E-state index in [4.69, 9.17) is 10.5 Å². The number of halogens is 3. The first-order chi connectivity index (χ1) is 12.4. The zero-order chi connectivity index (χ0) is 19.0. The molecule has 26 heavy (non-hydrogen) atoms. The molecule has 3 N–H and O–H groups in total. The lowest BCUT2D eigenvalue weighted by Gasteiger charge is -2.11. The van der Waals surface area contributed by atoms with Gasteiger partial charge in [0.2, 0.25) is 0 Å². The molecule has 8 heteroatoms. The van der Waals surface area contributed by atoms with Gasteiger partial charge in [-0.3, -0.25) is 0 Å². The van der Waals surface area contributed by atoms with E-state index in [-0.39, 0.29) is 18.3 Å². The van der Waals surface area contributed by atoms with Gasteiger partial charge >= 0.3 is 6.36 Å². The van der Waals surface area contributed by atoms with Crippen LogP contribution in [0.1, 0.15) is 16.7 Å². The minimum atomic E-state index is -4.70. The molecule has 0 unspecified atom stereocenters. The quantitative estimate of drug-likeness (QED) is 0.582. The van der Waals surface area contributed by atoms with Gasteiger partial charge in [-0.25, -0.2) is 4.99 Å². The molecule has 2 aromatic carbocycles. The van der Waals surface area contributed by atoms with Gasteiger partial charge in [0.05, 0.1) is 13.2 Å². The highest BCUT2D eigenvalue weighted by molar-refractivity contribution is 5.77. The molecular weight excluding hydrogens is 347 g/mol. The Hall–Kier alpha value is -2.74. The summed E-state index contributed by atoms with van der Waals surface area (Å²) in [5, 5.41) is 3.01. The van der Waals surface area contributed by atoms with Crippen molar-refractivity contribution < 1.29 is 22.6 Å². The van der Waals surface area contributed by atoms with Gasteiger partial charge in [-0.05, 0) is 28.8 Å². The van der Waals surface area contributed by atoms with Crippen LogP contribution in [0.2, 0.25) is 0 Å². The first-order valence-corrected chi connectivity index (χ1v) is 7.81. The Balaban J connectivity index is 1.88. The van der Waals surface area contributed by atoms with Crippen LogP contribution in [0.3, 0.4) is 0 Å². The number of nitrogens with one attached hydrogen (secondary N) is 1. The minimum Gasteiger partial charge on any atom is -0.406 e. The van der Waals surface area contributed by atoms with Crippen LogP contribution in [0.25, 0.3) is 0 Å². The van der Waals surface area contributed by atoms with Crippen LogP contribution in [0.5, 0.6) is 5.75 Å². The summed E-state index contributed by atoms with van der Waals surface area (Å²) in [7, 11) is 1.63. The van der Waals surface area contributed by atoms with E-state index in [1.165, 1.54) is 24.3 Å². The Morgan fingerprint density at radius 3 is 2.35 bits per heavy atom. The number of guanidine groups is 1. The number of hydrogen-bond donors (Lipinski definition) is 2. The van der Waals surface area contributed by atoms with E-state index in [2.05, 4.69) is 15.0 Å². The second-order valence-corrected chi connectivity index (χ2v) is 5.45. The molecule has 0 amide bonds. The van der Waals surface area contributed by atoms with E-state index in [1.807, 2.05) is 24.3 Å². The topological polar surface area (TPSA) is 68.9 Å². The van der Waals surface area contributed by atoms with E-state index in [9.17, 15) is 13.2 Å². The van der Waals surface area contributed by atoms with E-state index in [0.29, 0.717) is 18.7 Å². The third-order valence-corrected chi connectivity index (χ3v) is 3.47. The predicted molar refractivity (Wildman–Crippen MR) is 92.4 cm³/mol. The zero-order valence-corrected chi connectivity index (χ0v) is 14.2. The fourth-order valence-electron chi connectivity index (χ4n) is 2.24. The average Bonchev–Trinajstić information content (AvgIpc) is 2.59. The van der Waals surface area contributed by atoms with Crippen LogP contribution in [-0.2, 0) is 24.4 Å². The largest absolute Gasteiger partial charge is 0.573 e. The minimum absolute atomic E-state index is 0.241. The van der Waals surface area contributed by atoms with E-state index in [0.717, 1.165) is 11.1 Å². The van der Waals surface area contributed by atoms with E-state index < -0.39 is 6.36 Å². The van der Waals surface area contributed by atoms with Gasteiger partial charge in [-0.1, -0.05) is 36.4 Å². The second kappa shape index (κ2) is 9.10. The van der Waals surface area contributed by atoms with Gasteiger partial charge in [0.15, 0.2) is 5.96 Å². The van der Waals surface area contributed by atoms with Gasteiger partial charge in [-0.15, -0.1) is 13.2 Å². The summed E-state index contributed by atoms with van der Waals surface area (Å²) >= 11 is 0. The van der Waals surface area contributed by atoms with Gasteiger partial charge < -0.3 is 20.5 Å². The molecule has 0 aromatic heterocycles. The van der Waals surface area contributed by atoms with Gasteiger partial charge in [0.25, 0.3) is 0 Å². The van der Waals surface area contributed by atoms with Crippen molar-refractivity contribution in [3.05, 3.63) is 65.2 Å². The van der Waals surface area contributed by atoms with Crippen LogP contribution in [0, 0.1) is 0 Å². The Bertz CT molecular complexity index is 731. The maximum absolute atomic E-state index is 12.1. The summed E-state index contributed by atoms with van der Waals surface area (Å²) < 4.78 is 45.3. The lowest BCUT2D eigenvalue weighted by atomic mass is 10.1.